The van der Waals surface area contributed by atoms with Crippen molar-refractivity contribution in [2.75, 3.05) is 13.1 Å². The van der Waals surface area contributed by atoms with E-state index in [1.54, 1.807) is 4.90 Å². The van der Waals surface area contributed by atoms with E-state index in [0.29, 0.717) is 12.6 Å². The number of nitrogens with zero attached hydrogens (tertiary/aromatic N) is 2. The summed E-state index contributed by atoms with van der Waals surface area (Å²) < 4.78 is 0. The largest absolute Gasteiger partial charge is 0.306 e. The lowest BCUT2D eigenvalue weighted by Crippen LogP contribution is -2.44. The van der Waals surface area contributed by atoms with Crippen molar-refractivity contribution in [3.63, 3.8) is 0 Å². The fourth-order valence-corrected chi connectivity index (χ4v) is 2.12. The third-order valence-corrected chi connectivity index (χ3v) is 3.34. The van der Waals surface area contributed by atoms with Crippen molar-refractivity contribution in [1.29, 1.82) is 0 Å². The fourth-order valence-electron chi connectivity index (χ4n) is 2.12. The van der Waals surface area contributed by atoms with Crippen molar-refractivity contribution in [3.8, 4) is 0 Å². The van der Waals surface area contributed by atoms with Crippen molar-refractivity contribution < 1.29 is 4.79 Å². The van der Waals surface area contributed by atoms with E-state index in [-0.39, 0.29) is 12.1 Å². The van der Waals surface area contributed by atoms with Gasteiger partial charge in [-0.05, 0) is 19.3 Å². The van der Waals surface area contributed by atoms with Crippen LogP contribution in [0.5, 0.6) is 0 Å². The summed E-state index contributed by atoms with van der Waals surface area (Å²) in [6.45, 7) is 8.17. The molecule has 1 saturated carbocycles. The van der Waals surface area contributed by atoms with E-state index in [1.807, 2.05) is 0 Å². The Kier molecular flexibility index (Phi) is 3.22. The molecule has 1 aliphatic carbocycles. The summed E-state index contributed by atoms with van der Waals surface area (Å²) in [5.74, 6) is 0.0976. The summed E-state index contributed by atoms with van der Waals surface area (Å²) >= 11 is 0. The van der Waals surface area contributed by atoms with Crippen LogP contribution in [0.2, 0.25) is 0 Å². The van der Waals surface area contributed by atoms with Gasteiger partial charge in [0.25, 0.3) is 0 Å². The number of amides is 1. The van der Waals surface area contributed by atoms with Crippen molar-refractivity contribution >= 4 is 5.91 Å². The monoisotopic (exact) mass is 207 g/mol. The third kappa shape index (κ3) is 2.29. The molecule has 4 heteroatoms. The second-order valence-corrected chi connectivity index (χ2v) is 4.35. The van der Waals surface area contributed by atoms with Crippen LogP contribution in [0.15, 0.2) is 0 Å². The van der Waals surface area contributed by atoms with Gasteiger partial charge >= 0.3 is 6.17 Å². The lowest BCUT2D eigenvalue weighted by Gasteiger charge is -2.27. The highest BCUT2D eigenvalue weighted by Gasteiger charge is 2.32. The Balaban J connectivity index is 1.76. The number of hydrogen-bond acceptors (Lipinski definition) is 2. The Hall–Kier alpha value is -1.08. The van der Waals surface area contributed by atoms with E-state index in [2.05, 4.69) is 10.2 Å². The van der Waals surface area contributed by atoms with Crippen LogP contribution in [0.25, 0.3) is 4.85 Å². The Morgan fingerprint density at radius 1 is 1.40 bits per heavy atom. The molecular weight excluding hydrogens is 190 g/mol. The molecule has 1 saturated heterocycles. The van der Waals surface area contributed by atoms with Gasteiger partial charge in [-0.3, -0.25) is 14.5 Å². The van der Waals surface area contributed by atoms with Crippen LogP contribution in [0, 0.1) is 6.57 Å². The quantitative estimate of drug-likeness (QED) is 0.701. The maximum atomic E-state index is 11.8. The molecule has 2 rings (SSSR count). The maximum absolute atomic E-state index is 11.8. The van der Waals surface area contributed by atoms with Gasteiger partial charge < -0.3 is 5.32 Å². The Bertz CT molecular complexity index is 280. The summed E-state index contributed by atoms with van der Waals surface area (Å²) in [7, 11) is 0. The predicted molar refractivity (Wildman–Crippen MR) is 57.0 cm³/mol. The molecule has 2 fully saturated rings. The van der Waals surface area contributed by atoms with Crippen LogP contribution in [0.1, 0.15) is 32.1 Å². The molecule has 1 atom stereocenters. The van der Waals surface area contributed by atoms with Gasteiger partial charge in [0.1, 0.15) is 0 Å². The zero-order valence-electron chi connectivity index (χ0n) is 8.91. The molecule has 2 aliphatic rings. The molecule has 1 aliphatic heterocycles. The van der Waals surface area contributed by atoms with E-state index in [4.69, 9.17) is 6.57 Å². The minimum atomic E-state index is -0.194. The van der Waals surface area contributed by atoms with E-state index in [0.717, 1.165) is 19.4 Å². The van der Waals surface area contributed by atoms with Gasteiger partial charge in [-0.2, -0.15) is 0 Å². The first kappa shape index (κ1) is 10.4. The number of carbonyl (C=O) groups excluding carboxylic acids is 1. The Morgan fingerprint density at radius 2 is 2.20 bits per heavy atom. The van der Waals surface area contributed by atoms with Crippen LogP contribution < -0.4 is 5.32 Å². The molecule has 0 radical (unpaired) electrons. The Morgan fingerprint density at radius 3 is 2.80 bits per heavy atom. The second kappa shape index (κ2) is 4.63. The molecule has 0 aromatic carbocycles. The van der Waals surface area contributed by atoms with Crippen LogP contribution >= 0.6 is 0 Å². The first-order chi connectivity index (χ1) is 7.31. The third-order valence-electron chi connectivity index (χ3n) is 3.34. The van der Waals surface area contributed by atoms with E-state index in [1.165, 1.54) is 19.3 Å². The zero-order valence-corrected chi connectivity index (χ0v) is 8.91. The van der Waals surface area contributed by atoms with Gasteiger partial charge in [-0.1, -0.05) is 6.42 Å². The van der Waals surface area contributed by atoms with Crippen molar-refractivity contribution in [2.45, 2.75) is 44.3 Å². The normalized spacial score (nSPS) is 26.1. The van der Waals surface area contributed by atoms with Crippen molar-refractivity contribution in [3.05, 3.63) is 11.4 Å². The van der Waals surface area contributed by atoms with Gasteiger partial charge in [0.05, 0.1) is 6.54 Å². The lowest BCUT2D eigenvalue weighted by molar-refractivity contribution is -0.130. The van der Waals surface area contributed by atoms with Crippen LogP contribution in [0.3, 0.4) is 0 Å². The number of rotatable bonds is 3. The van der Waals surface area contributed by atoms with E-state index in [9.17, 15) is 4.79 Å². The zero-order chi connectivity index (χ0) is 10.7. The minimum absolute atomic E-state index is 0.0976. The highest BCUT2D eigenvalue weighted by atomic mass is 16.2. The second-order valence-electron chi connectivity index (χ2n) is 4.35. The number of likely N-dealkylation sites (tertiary alicyclic amines) is 1. The molecule has 15 heavy (non-hydrogen) atoms. The average molecular weight is 207 g/mol. The predicted octanol–water partition coefficient (Wildman–Crippen LogP) is 0.996. The molecule has 1 N–H and O–H groups in total. The van der Waals surface area contributed by atoms with Gasteiger partial charge in [0.2, 0.25) is 5.91 Å². The van der Waals surface area contributed by atoms with E-state index >= 15 is 0 Å². The lowest BCUT2D eigenvalue weighted by atomic mass is 9.93. The summed E-state index contributed by atoms with van der Waals surface area (Å²) in [4.78, 5) is 17.0. The smallest absolute Gasteiger partial charge is 0.300 e. The average Bonchev–Trinajstić information content (AvgIpc) is 2.62. The number of nitrogens with one attached hydrogen (secondary N) is 1. The van der Waals surface area contributed by atoms with Crippen molar-refractivity contribution in [2.24, 2.45) is 0 Å². The molecular formula is C11H17N3O. The topological polar surface area (TPSA) is 36.7 Å². The van der Waals surface area contributed by atoms with Gasteiger partial charge in [-0.15, -0.1) is 0 Å². The summed E-state index contributed by atoms with van der Waals surface area (Å²) in [5, 5.41) is 3.25. The minimum Gasteiger partial charge on any atom is -0.306 e. The number of carbonyl (C=O) groups is 1. The van der Waals surface area contributed by atoms with Gasteiger partial charge in [0.15, 0.2) is 0 Å². The molecule has 1 heterocycles. The molecule has 0 bridgehead atoms. The first-order valence-electron chi connectivity index (χ1n) is 5.70. The molecule has 4 nitrogen and oxygen atoms in total. The standard InChI is InChI=1S/C11H17N3O/c1-12-10-6-3-7-14(10)11(15)8-13-9-4-2-5-9/h9-10,13H,2-8H2/t10-/m0/s1. The van der Waals surface area contributed by atoms with Crippen LogP contribution in [-0.2, 0) is 4.79 Å². The van der Waals surface area contributed by atoms with Crippen LogP contribution in [0.4, 0.5) is 0 Å². The molecule has 82 valence electrons. The Labute approximate surface area is 90.5 Å². The molecule has 1 amide bonds. The van der Waals surface area contributed by atoms with Gasteiger partial charge in [0, 0.05) is 19.0 Å². The fraction of sp³-hybridized carbons (Fsp3) is 0.818. The molecule has 0 aromatic rings. The summed E-state index contributed by atoms with van der Waals surface area (Å²) in [5.41, 5.74) is 0. The summed E-state index contributed by atoms with van der Waals surface area (Å²) in [6, 6.07) is 0.544. The highest BCUT2D eigenvalue weighted by Crippen LogP contribution is 2.19. The molecule has 0 spiro atoms. The maximum Gasteiger partial charge on any atom is 0.300 e. The van der Waals surface area contributed by atoms with Crippen molar-refractivity contribution in [1.82, 2.24) is 10.2 Å². The first-order valence-corrected chi connectivity index (χ1v) is 5.70. The van der Waals surface area contributed by atoms with Gasteiger partial charge in [-0.25, -0.2) is 6.57 Å². The molecule has 0 unspecified atom stereocenters. The highest BCUT2D eigenvalue weighted by molar-refractivity contribution is 5.79. The SMILES string of the molecule is [C-]#[N+][C@@H]1CCCN1C(=O)CNC1CCC1. The van der Waals surface area contributed by atoms with Crippen LogP contribution in [-0.4, -0.2) is 36.1 Å². The number of hydrogen-bond donors (Lipinski definition) is 1. The summed E-state index contributed by atoms with van der Waals surface area (Å²) in [6.07, 6.45) is 5.29. The van der Waals surface area contributed by atoms with E-state index < -0.39 is 0 Å². The molecule has 0 aromatic heterocycles.